The molecule has 30 heavy (non-hydrogen) atoms. The van der Waals surface area contributed by atoms with E-state index in [-0.39, 0.29) is 22.7 Å². The fourth-order valence-electron chi connectivity index (χ4n) is 2.88. The van der Waals surface area contributed by atoms with Crippen molar-refractivity contribution in [3.8, 4) is 22.7 Å². The van der Waals surface area contributed by atoms with Gasteiger partial charge in [0.25, 0.3) is 5.91 Å². The molecule has 2 heterocycles. The number of hydrogen-bond donors (Lipinski definition) is 1. The van der Waals surface area contributed by atoms with Gasteiger partial charge >= 0.3 is 5.69 Å². The second-order valence-corrected chi connectivity index (χ2v) is 6.13. The van der Waals surface area contributed by atoms with Crippen LogP contribution in [0.1, 0.15) is 10.4 Å². The average molecular weight is 405 g/mol. The molecule has 0 aliphatic rings. The monoisotopic (exact) mass is 405 g/mol. The first-order chi connectivity index (χ1) is 14.6. The van der Waals surface area contributed by atoms with Gasteiger partial charge in [-0.2, -0.15) is 5.10 Å². The number of benzene rings is 2. The first-order valence-electron chi connectivity index (χ1n) is 8.70. The number of methoxy groups -OCH3 is 1. The van der Waals surface area contributed by atoms with Gasteiger partial charge in [-0.15, -0.1) is 10.2 Å². The SMILES string of the molecule is COc1ccc(-c2nn(-c3ccccc3)cc2C(=O)Nn2cnnc2)cc1[N+](=O)[O-]. The molecule has 0 aliphatic carbocycles. The summed E-state index contributed by atoms with van der Waals surface area (Å²) in [6, 6.07) is 13.6. The van der Waals surface area contributed by atoms with Crippen LogP contribution in [0.25, 0.3) is 16.9 Å². The Balaban J connectivity index is 1.83. The van der Waals surface area contributed by atoms with Crippen LogP contribution in [0.2, 0.25) is 0 Å². The number of nitro benzene ring substituents is 1. The van der Waals surface area contributed by atoms with Crippen molar-refractivity contribution in [3.63, 3.8) is 0 Å². The Bertz CT molecular complexity index is 1200. The van der Waals surface area contributed by atoms with Crippen molar-refractivity contribution in [1.29, 1.82) is 0 Å². The van der Waals surface area contributed by atoms with Crippen molar-refractivity contribution in [1.82, 2.24) is 24.7 Å². The predicted octanol–water partition coefficient (Wildman–Crippen LogP) is 2.43. The number of carbonyl (C=O) groups is 1. The molecule has 0 saturated heterocycles. The molecule has 0 unspecified atom stereocenters. The molecular formula is C19H15N7O4. The van der Waals surface area contributed by atoms with Gasteiger partial charge in [0.1, 0.15) is 18.3 Å². The summed E-state index contributed by atoms with van der Waals surface area (Å²) >= 11 is 0. The number of aromatic nitrogens is 5. The molecule has 11 heteroatoms. The van der Waals surface area contributed by atoms with Gasteiger partial charge in [-0.05, 0) is 24.3 Å². The van der Waals surface area contributed by atoms with Crippen LogP contribution in [0.15, 0.2) is 67.4 Å². The van der Waals surface area contributed by atoms with E-state index in [1.54, 1.807) is 12.3 Å². The Labute approximate surface area is 169 Å². The summed E-state index contributed by atoms with van der Waals surface area (Å²) in [6.07, 6.45) is 4.22. The number of nitrogens with one attached hydrogen (secondary N) is 1. The number of ether oxygens (including phenoxy) is 1. The second kappa shape index (κ2) is 7.83. The average Bonchev–Trinajstić information content (AvgIpc) is 3.44. The standard InChI is InChI=1S/C19H15N7O4/c1-30-17-8-7-13(9-16(17)26(28)29)18-15(19(27)23-24-11-20-21-12-24)10-25(22-18)14-5-3-2-4-6-14/h2-12H,1H3,(H,23,27). The van der Waals surface area contributed by atoms with E-state index in [1.165, 1.54) is 41.3 Å². The first-order valence-corrected chi connectivity index (χ1v) is 8.70. The van der Waals surface area contributed by atoms with Gasteiger partial charge in [-0.25, -0.2) is 9.36 Å². The third kappa shape index (κ3) is 3.58. The lowest BCUT2D eigenvalue weighted by atomic mass is 10.1. The fourth-order valence-corrected chi connectivity index (χ4v) is 2.88. The van der Waals surface area contributed by atoms with Crippen molar-refractivity contribution in [2.45, 2.75) is 0 Å². The highest BCUT2D eigenvalue weighted by atomic mass is 16.6. The molecule has 0 bridgehead atoms. The largest absolute Gasteiger partial charge is 0.490 e. The summed E-state index contributed by atoms with van der Waals surface area (Å²) < 4.78 is 7.88. The molecule has 4 rings (SSSR count). The van der Waals surface area contributed by atoms with Crippen LogP contribution < -0.4 is 10.2 Å². The van der Waals surface area contributed by atoms with Gasteiger partial charge in [-0.3, -0.25) is 20.3 Å². The van der Waals surface area contributed by atoms with Gasteiger partial charge in [0, 0.05) is 17.8 Å². The van der Waals surface area contributed by atoms with Gasteiger partial charge in [0.05, 0.1) is 23.3 Å². The molecule has 2 aromatic heterocycles. The maximum atomic E-state index is 12.9. The first kappa shape index (κ1) is 18.8. The van der Waals surface area contributed by atoms with Gasteiger partial charge in [0.2, 0.25) is 0 Å². The van der Waals surface area contributed by atoms with Crippen molar-refractivity contribution in [3.05, 3.63) is 83.1 Å². The van der Waals surface area contributed by atoms with E-state index in [1.807, 2.05) is 30.3 Å². The Morgan fingerprint density at radius 2 is 1.87 bits per heavy atom. The fraction of sp³-hybridized carbons (Fsp3) is 0.0526. The summed E-state index contributed by atoms with van der Waals surface area (Å²) in [6.45, 7) is 0. The lowest BCUT2D eigenvalue weighted by Crippen LogP contribution is -2.21. The third-order valence-corrected chi connectivity index (χ3v) is 4.28. The normalized spacial score (nSPS) is 10.6. The maximum Gasteiger partial charge on any atom is 0.311 e. The maximum absolute atomic E-state index is 12.9. The Kier molecular flexibility index (Phi) is 4.91. The summed E-state index contributed by atoms with van der Waals surface area (Å²) in [5, 5.41) is 23.2. The number of nitrogens with zero attached hydrogens (tertiary/aromatic N) is 6. The van der Waals surface area contributed by atoms with Crippen LogP contribution in [0.4, 0.5) is 5.69 Å². The van der Waals surface area contributed by atoms with E-state index in [0.29, 0.717) is 5.56 Å². The number of carbonyl (C=O) groups excluding carboxylic acids is 1. The van der Waals surface area contributed by atoms with Gasteiger partial charge < -0.3 is 4.74 Å². The zero-order valence-electron chi connectivity index (χ0n) is 15.7. The summed E-state index contributed by atoms with van der Waals surface area (Å²) in [5.74, 6) is -0.368. The molecule has 0 atom stereocenters. The van der Waals surface area contributed by atoms with Crippen LogP contribution >= 0.6 is 0 Å². The van der Waals surface area contributed by atoms with Crippen LogP contribution in [0.5, 0.6) is 5.75 Å². The number of amides is 1. The minimum atomic E-state index is -0.548. The molecule has 0 saturated carbocycles. The van der Waals surface area contributed by atoms with E-state index < -0.39 is 10.8 Å². The van der Waals surface area contributed by atoms with Gasteiger partial charge in [-0.1, -0.05) is 18.2 Å². The minimum Gasteiger partial charge on any atom is -0.490 e. The molecular weight excluding hydrogens is 390 g/mol. The van der Waals surface area contributed by atoms with Crippen molar-refractivity contribution < 1.29 is 14.5 Å². The van der Waals surface area contributed by atoms with Crippen LogP contribution in [0, 0.1) is 10.1 Å². The molecule has 2 aromatic carbocycles. The molecule has 0 fully saturated rings. The molecule has 4 aromatic rings. The summed E-state index contributed by atoms with van der Waals surface area (Å²) in [4.78, 5) is 23.8. The van der Waals surface area contributed by atoms with Gasteiger partial charge in [0.15, 0.2) is 5.75 Å². The molecule has 1 N–H and O–H groups in total. The topological polar surface area (TPSA) is 130 Å². The number of para-hydroxylation sites is 1. The molecule has 0 spiro atoms. The van der Waals surface area contributed by atoms with Crippen molar-refractivity contribution in [2.75, 3.05) is 12.5 Å². The molecule has 11 nitrogen and oxygen atoms in total. The Hall–Kier alpha value is -4.54. The number of hydrogen-bond acceptors (Lipinski definition) is 7. The quantitative estimate of drug-likeness (QED) is 0.385. The lowest BCUT2D eigenvalue weighted by molar-refractivity contribution is -0.385. The van der Waals surface area contributed by atoms with E-state index in [0.717, 1.165) is 5.69 Å². The summed E-state index contributed by atoms with van der Waals surface area (Å²) in [7, 11) is 1.35. The molecule has 0 radical (unpaired) electrons. The zero-order valence-corrected chi connectivity index (χ0v) is 15.7. The lowest BCUT2D eigenvalue weighted by Gasteiger charge is -2.06. The predicted molar refractivity (Wildman–Crippen MR) is 106 cm³/mol. The van der Waals surface area contributed by atoms with Crippen molar-refractivity contribution >= 4 is 11.6 Å². The Morgan fingerprint density at radius 3 is 2.53 bits per heavy atom. The molecule has 1 amide bonds. The van der Waals surface area contributed by atoms with E-state index in [4.69, 9.17) is 4.74 Å². The number of nitro groups is 1. The van der Waals surface area contributed by atoms with Crippen LogP contribution in [-0.4, -0.2) is 42.6 Å². The highest BCUT2D eigenvalue weighted by Crippen LogP contribution is 2.33. The Morgan fingerprint density at radius 1 is 1.13 bits per heavy atom. The van der Waals surface area contributed by atoms with E-state index in [9.17, 15) is 14.9 Å². The summed E-state index contributed by atoms with van der Waals surface area (Å²) in [5.41, 5.74) is 4.00. The van der Waals surface area contributed by atoms with E-state index in [2.05, 4.69) is 20.7 Å². The van der Waals surface area contributed by atoms with Crippen molar-refractivity contribution in [2.24, 2.45) is 0 Å². The smallest absolute Gasteiger partial charge is 0.311 e. The van der Waals surface area contributed by atoms with Crippen LogP contribution in [0.3, 0.4) is 0 Å². The molecule has 150 valence electrons. The number of rotatable bonds is 6. The molecule has 0 aliphatic heterocycles. The zero-order chi connectivity index (χ0) is 21.1. The second-order valence-electron chi connectivity index (χ2n) is 6.13. The minimum absolute atomic E-state index is 0.113. The van der Waals surface area contributed by atoms with Crippen LogP contribution in [-0.2, 0) is 0 Å². The third-order valence-electron chi connectivity index (χ3n) is 4.28. The highest BCUT2D eigenvalue weighted by molar-refractivity contribution is 6.04. The van der Waals surface area contributed by atoms with E-state index >= 15 is 0 Å². The highest BCUT2D eigenvalue weighted by Gasteiger charge is 2.23.